The zero-order valence-corrected chi connectivity index (χ0v) is 14.0. The van der Waals surface area contributed by atoms with Gasteiger partial charge in [-0.15, -0.1) is 0 Å². The SMILES string of the molecule is O=C1c2ccccc2N[C@H](c2ccc(Cl)cc2)N1C[C@H]1CCCO1. The van der Waals surface area contributed by atoms with Crippen molar-refractivity contribution >= 4 is 23.2 Å². The van der Waals surface area contributed by atoms with Gasteiger partial charge in [0.1, 0.15) is 6.17 Å². The number of benzene rings is 2. The van der Waals surface area contributed by atoms with Crippen LogP contribution in [0.1, 0.15) is 34.9 Å². The molecule has 0 saturated carbocycles. The lowest BCUT2D eigenvalue weighted by Crippen LogP contribution is -2.46. The fourth-order valence-electron chi connectivity index (χ4n) is 3.40. The van der Waals surface area contributed by atoms with E-state index < -0.39 is 0 Å². The molecular formula is C19H19ClN2O2. The first-order valence-electron chi connectivity index (χ1n) is 8.26. The summed E-state index contributed by atoms with van der Waals surface area (Å²) in [4.78, 5) is 14.9. The molecule has 1 fully saturated rings. The number of anilines is 1. The van der Waals surface area contributed by atoms with Crippen molar-refractivity contribution < 1.29 is 9.53 Å². The van der Waals surface area contributed by atoms with E-state index in [0.717, 1.165) is 30.7 Å². The minimum absolute atomic E-state index is 0.0415. The molecule has 0 radical (unpaired) electrons. The third-order valence-electron chi connectivity index (χ3n) is 4.63. The van der Waals surface area contributed by atoms with Gasteiger partial charge in [0, 0.05) is 23.9 Å². The van der Waals surface area contributed by atoms with Crippen LogP contribution in [0.25, 0.3) is 0 Å². The molecule has 2 aliphatic heterocycles. The first kappa shape index (κ1) is 15.5. The summed E-state index contributed by atoms with van der Waals surface area (Å²) in [5.74, 6) is 0.0415. The summed E-state index contributed by atoms with van der Waals surface area (Å²) in [6.07, 6.45) is 1.95. The van der Waals surface area contributed by atoms with Crippen LogP contribution in [0.4, 0.5) is 5.69 Å². The second-order valence-electron chi connectivity index (χ2n) is 6.24. The van der Waals surface area contributed by atoms with Gasteiger partial charge in [-0.2, -0.15) is 0 Å². The van der Waals surface area contributed by atoms with Crippen molar-refractivity contribution in [2.45, 2.75) is 25.1 Å². The molecule has 4 rings (SSSR count). The van der Waals surface area contributed by atoms with Crippen LogP contribution in [0, 0.1) is 0 Å². The Bertz CT molecular complexity index is 741. The average Bonchev–Trinajstić information content (AvgIpc) is 3.11. The molecule has 2 heterocycles. The highest BCUT2D eigenvalue weighted by atomic mass is 35.5. The van der Waals surface area contributed by atoms with E-state index in [2.05, 4.69) is 5.32 Å². The monoisotopic (exact) mass is 342 g/mol. The number of nitrogens with zero attached hydrogens (tertiary/aromatic N) is 1. The van der Waals surface area contributed by atoms with Gasteiger partial charge in [0.05, 0.1) is 11.7 Å². The maximum Gasteiger partial charge on any atom is 0.257 e. The van der Waals surface area contributed by atoms with Crippen LogP contribution >= 0.6 is 11.6 Å². The summed E-state index contributed by atoms with van der Waals surface area (Å²) in [5, 5.41) is 4.18. The third kappa shape index (κ3) is 2.87. The lowest BCUT2D eigenvalue weighted by molar-refractivity contribution is 0.0427. The smallest absolute Gasteiger partial charge is 0.257 e. The average molecular weight is 343 g/mol. The molecule has 4 nitrogen and oxygen atoms in total. The van der Waals surface area contributed by atoms with Gasteiger partial charge >= 0.3 is 0 Å². The van der Waals surface area contributed by atoms with Gasteiger partial charge in [-0.05, 0) is 42.7 Å². The molecule has 24 heavy (non-hydrogen) atoms. The Kier molecular flexibility index (Phi) is 4.17. The molecule has 2 aromatic carbocycles. The van der Waals surface area contributed by atoms with E-state index in [-0.39, 0.29) is 18.2 Å². The number of fused-ring (bicyclic) bond motifs is 1. The summed E-state index contributed by atoms with van der Waals surface area (Å²) in [5.41, 5.74) is 2.59. The zero-order valence-electron chi connectivity index (χ0n) is 13.2. The fourth-order valence-corrected chi connectivity index (χ4v) is 3.52. The third-order valence-corrected chi connectivity index (χ3v) is 4.88. The van der Waals surface area contributed by atoms with E-state index in [1.807, 2.05) is 53.4 Å². The normalized spacial score (nSPS) is 23.0. The Morgan fingerprint density at radius 3 is 2.71 bits per heavy atom. The van der Waals surface area contributed by atoms with Crippen molar-refractivity contribution in [1.29, 1.82) is 0 Å². The number of carbonyl (C=O) groups is 1. The van der Waals surface area contributed by atoms with E-state index in [1.54, 1.807) is 0 Å². The fraction of sp³-hybridized carbons (Fsp3) is 0.316. The molecule has 0 spiro atoms. The molecule has 124 valence electrons. The van der Waals surface area contributed by atoms with Crippen LogP contribution in [0.5, 0.6) is 0 Å². The summed E-state index contributed by atoms with van der Waals surface area (Å²) < 4.78 is 5.75. The van der Waals surface area contributed by atoms with Crippen molar-refractivity contribution in [2.75, 3.05) is 18.5 Å². The van der Waals surface area contributed by atoms with Crippen LogP contribution in [-0.2, 0) is 4.74 Å². The number of amides is 1. The van der Waals surface area contributed by atoms with Crippen molar-refractivity contribution in [3.05, 3.63) is 64.7 Å². The maximum absolute atomic E-state index is 13.1. The highest BCUT2D eigenvalue weighted by Gasteiger charge is 2.35. The Hall–Kier alpha value is -2.04. The topological polar surface area (TPSA) is 41.6 Å². The highest BCUT2D eigenvalue weighted by Crippen LogP contribution is 2.34. The van der Waals surface area contributed by atoms with E-state index in [4.69, 9.17) is 16.3 Å². The molecule has 1 saturated heterocycles. The standard InChI is InChI=1S/C19H19ClN2O2/c20-14-9-7-13(8-10-14)18-21-17-6-2-1-5-16(17)19(23)22(18)12-15-4-3-11-24-15/h1-2,5-10,15,18,21H,3-4,11-12H2/t15-,18+/m1/s1. The number of halogens is 1. The molecule has 2 atom stereocenters. The predicted octanol–water partition coefficient (Wildman–Crippen LogP) is 4.09. The second-order valence-corrected chi connectivity index (χ2v) is 6.67. The molecule has 0 aliphatic carbocycles. The van der Waals surface area contributed by atoms with Gasteiger partial charge in [0.2, 0.25) is 0 Å². The number of carbonyl (C=O) groups excluding carboxylic acids is 1. The van der Waals surface area contributed by atoms with Gasteiger partial charge in [-0.3, -0.25) is 4.79 Å². The minimum atomic E-state index is -0.214. The van der Waals surface area contributed by atoms with Gasteiger partial charge in [0.25, 0.3) is 5.91 Å². The molecule has 0 unspecified atom stereocenters. The van der Waals surface area contributed by atoms with Crippen LogP contribution in [0.15, 0.2) is 48.5 Å². The molecule has 5 heteroatoms. The number of hydrogen-bond donors (Lipinski definition) is 1. The minimum Gasteiger partial charge on any atom is -0.376 e. The summed E-state index contributed by atoms with van der Waals surface area (Å²) >= 11 is 6.01. The van der Waals surface area contributed by atoms with Gasteiger partial charge in [-0.1, -0.05) is 35.9 Å². The van der Waals surface area contributed by atoms with Crippen LogP contribution < -0.4 is 5.32 Å². The molecule has 1 N–H and O–H groups in total. The van der Waals surface area contributed by atoms with E-state index >= 15 is 0 Å². The zero-order chi connectivity index (χ0) is 16.5. The molecule has 2 aromatic rings. The maximum atomic E-state index is 13.1. The lowest BCUT2D eigenvalue weighted by atomic mass is 10.0. The number of hydrogen-bond acceptors (Lipinski definition) is 3. The van der Waals surface area contributed by atoms with Gasteiger partial charge in [-0.25, -0.2) is 0 Å². The molecule has 1 amide bonds. The molecule has 0 aromatic heterocycles. The molecule has 0 bridgehead atoms. The van der Waals surface area contributed by atoms with E-state index in [1.165, 1.54) is 0 Å². The Morgan fingerprint density at radius 2 is 1.96 bits per heavy atom. The Morgan fingerprint density at radius 1 is 1.17 bits per heavy atom. The number of ether oxygens (including phenoxy) is 1. The summed E-state index contributed by atoms with van der Waals surface area (Å²) in [6, 6.07) is 15.3. The molecular weight excluding hydrogens is 324 g/mol. The van der Waals surface area contributed by atoms with Crippen LogP contribution in [0.2, 0.25) is 5.02 Å². The summed E-state index contributed by atoms with van der Waals surface area (Å²) in [6.45, 7) is 1.37. The van der Waals surface area contributed by atoms with E-state index in [9.17, 15) is 4.79 Å². The Labute approximate surface area is 146 Å². The van der Waals surface area contributed by atoms with Gasteiger partial charge in [0.15, 0.2) is 0 Å². The van der Waals surface area contributed by atoms with Crippen molar-refractivity contribution in [3.8, 4) is 0 Å². The van der Waals surface area contributed by atoms with Crippen LogP contribution in [-0.4, -0.2) is 30.1 Å². The van der Waals surface area contributed by atoms with Crippen molar-refractivity contribution in [2.24, 2.45) is 0 Å². The Balaban J connectivity index is 1.70. The van der Waals surface area contributed by atoms with Crippen molar-refractivity contribution in [1.82, 2.24) is 4.90 Å². The first-order valence-corrected chi connectivity index (χ1v) is 8.64. The van der Waals surface area contributed by atoms with Gasteiger partial charge < -0.3 is 15.0 Å². The number of para-hydroxylation sites is 1. The van der Waals surface area contributed by atoms with E-state index in [0.29, 0.717) is 17.1 Å². The number of nitrogens with one attached hydrogen (secondary N) is 1. The van der Waals surface area contributed by atoms with Crippen LogP contribution in [0.3, 0.4) is 0 Å². The lowest BCUT2D eigenvalue weighted by Gasteiger charge is -2.39. The largest absolute Gasteiger partial charge is 0.376 e. The highest BCUT2D eigenvalue weighted by molar-refractivity contribution is 6.30. The summed E-state index contributed by atoms with van der Waals surface area (Å²) in [7, 11) is 0. The van der Waals surface area contributed by atoms with Crippen molar-refractivity contribution in [3.63, 3.8) is 0 Å². The molecule has 2 aliphatic rings. The quantitative estimate of drug-likeness (QED) is 0.913. The first-order chi connectivity index (χ1) is 11.7. The number of rotatable bonds is 3. The predicted molar refractivity (Wildman–Crippen MR) is 94.3 cm³/mol. The second kappa shape index (κ2) is 6.46.